The number of hydrogen-bond acceptors (Lipinski definition) is 2. The molecule has 0 saturated heterocycles. The monoisotopic (exact) mass is 164 g/mol. The highest BCUT2D eigenvalue weighted by molar-refractivity contribution is 5.75. The Morgan fingerprint density at radius 2 is 1.83 bits per heavy atom. The van der Waals surface area contributed by atoms with E-state index in [0.29, 0.717) is 11.0 Å². The van der Waals surface area contributed by atoms with Gasteiger partial charge in [-0.15, -0.1) is 0 Å². The van der Waals surface area contributed by atoms with Gasteiger partial charge in [0.1, 0.15) is 5.58 Å². The van der Waals surface area contributed by atoms with E-state index in [4.69, 9.17) is 4.42 Å². The summed E-state index contributed by atoms with van der Waals surface area (Å²) in [6, 6.07) is 8.60. The minimum Gasteiger partial charge on any atom is -0.464 e. The van der Waals surface area contributed by atoms with Gasteiger partial charge in [0, 0.05) is 6.07 Å². The van der Waals surface area contributed by atoms with Gasteiger partial charge in [-0.05, 0) is 12.1 Å². The quantitative estimate of drug-likeness (QED) is 0.582. The van der Waals surface area contributed by atoms with E-state index in [1.54, 1.807) is 12.1 Å². The van der Waals surface area contributed by atoms with Gasteiger partial charge in [-0.25, -0.2) is 0 Å². The van der Waals surface area contributed by atoms with Crippen molar-refractivity contribution in [3.8, 4) is 0 Å². The van der Waals surface area contributed by atoms with Crippen molar-refractivity contribution in [1.29, 1.82) is 0 Å². The number of fused-ring (bicyclic) bond motifs is 1. The van der Waals surface area contributed by atoms with Crippen LogP contribution in [0.25, 0.3) is 11.0 Å². The van der Waals surface area contributed by atoms with Gasteiger partial charge in [0.15, 0.2) is 5.43 Å². The predicted molar refractivity (Wildman–Crippen MR) is 46.1 cm³/mol. The lowest BCUT2D eigenvalue weighted by atomic mass is 10.2. The molecule has 1 heterocycles. The average molecular weight is 164 g/mol. The average Bonchev–Trinajstić information content (AvgIpc) is 2.06. The van der Waals surface area contributed by atoms with Gasteiger partial charge < -0.3 is 9.89 Å². The molecular formula is C9H8O3. The summed E-state index contributed by atoms with van der Waals surface area (Å²) >= 11 is 0. The van der Waals surface area contributed by atoms with Crippen molar-refractivity contribution in [2.24, 2.45) is 0 Å². The molecule has 0 aliphatic rings. The van der Waals surface area contributed by atoms with Crippen LogP contribution in [0.15, 0.2) is 45.8 Å². The first-order valence-electron chi connectivity index (χ1n) is 3.34. The number of benzene rings is 1. The van der Waals surface area contributed by atoms with Gasteiger partial charge in [-0.2, -0.15) is 0 Å². The van der Waals surface area contributed by atoms with Crippen LogP contribution >= 0.6 is 0 Å². The summed E-state index contributed by atoms with van der Waals surface area (Å²) in [7, 11) is 0. The number of rotatable bonds is 0. The topological polar surface area (TPSA) is 61.7 Å². The minimum atomic E-state index is 0. The molecule has 3 heteroatoms. The smallest absolute Gasteiger partial charge is 0.192 e. The van der Waals surface area contributed by atoms with Crippen LogP contribution in [-0.2, 0) is 0 Å². The molecule has 1 aromatic carbocycles. The number of hydrogen-bond donors (Lipinski definition) is 0. The van der Waals surface area contributed by atoms with Gasteiger partial charge in [0.05, 0.1) is 11.6 Å². The molecule has 0 radical (unpaired) electrons. The Labute approximate surface area is 68.6 Å². The molecule has 0 bridgehead atoms. The molecule has 0 aliphatic heterocycles. The van der Waals surface area contributed by atoms with Gasteiger partial charge in [-0.1, -0.05) is 12.1 Å². The van der Waals surface area contributed by atoms with Gasteiger partial charge in [0.2, 0.25) is 0 Å². The predicted octanol–water partition coefficient (Wildman–Crippen LogP) is 0.968. The highest BCUT2D eigenvalue weighted by Gasteiger charge is 1.95. The summed E-state index contributed by atoms with van der Waals surface area (Å²) in [5.74, 6) is 0. The van der Waals surface area contributed by atoms with Crippen LogP contribution in [0.1, 0.15) is 0 Å². The lowest BCUT2D eigenvalue weighted by Crippen LogP contribution is -1.96. The Bertz CT molecular complexity index is 425. The van der Waals surface area contributed by atoms with Crippen molar-refractivity contribution in [3.05, 3.63) is 46.8 Å². The Kier molecular flexibility index (Phi) is 2.26. The molecule has 62 valence electrons. The van der Waals surface area contributed by atoms with Gasteiger partial charge in [0.25, 0.3) is 0 Å². The molecule has 3 nitrogen and oxygen atoms in total. The van der Waals surface area contributed by atoms with Crippen molar-refractivity contribution in [1.82, 2.24) is 0 Å². The van der Waals surface area contributed by atoms with Crippen LogP contribution in [-0.4, -0.2) is 5.48 Å². The van der Waals surface area contributed by atoms with E-state index < -0.39 is 0 Å². The maximum atomic E-state index is 11.1. The third kappa shape index (κ3) is 1.22. The highest BCUT2D eigenvalue weighted by atomic mass is 16.3. The van der Waals surface area contributed by atoms with Crippen molar-refractivity contribution >= 4 is 11.0 Å². The van der Waals surface area contributed by atoms with Crippen LogP contribution in [0, 0.1) is 0 Å². The third-order valence-electron chi connectivity index (χ3n) is 1.57. The van der Waals surface area contributed by atoms with Crippen molar-refractivity contribution < 1.29 is 9.89 Å². The summed E-state index contributed by atoms with van der Waals surface area (Å²) in [4.78, 5) is 11.1. The van der Waals surface area contributed by atoms with E-state index in [0.717, 1.165) is 0 Å². The largest absolute Gasteiger partial charge is 0.464 e. The van der Waals surface area contributed by atoms with Crippen LogP contribution in [0.4, 0.5) is 0 Å². The maximum absolute atomic E-state index is 11.1. The van der Waals surface area contributed by atoms with Crippen molar-refractivity contribution in [2.45, 2.75) is 0 Å². The van der Waals surface area contributed by atoms with Crippen LogP contribution in [0.2, 0.25) is 0 Å². The lowest BCUT2D eigenvalue weighted by molar-refractivity contribution is 0.602. The zero-order valence-corrected chi connectivity index (χ0v) is 6.28. The Balaban J connectivity index is 0.000000720. The Hall–Kier alpha value is -1.61. The van der Waals surface area contributed by atoms with Gasteiger partial charge >= 0.3 is 0 Å². The standard InChI is InChI=1S/C9H6O2.H2O/c10-8-5-6-11-9-4-2-1-3-7(8)9;/h1-6H;1H2. The zero-order valence-electron chi connectivity index (χ0n) is 6.28. The van der Waals surface area contributed by atoms with Crippen molar-refractivity contribution in [2.75, 3.05) is 0 Å². The molecule has 2 rings (SSSR count). The summed E-state index contributed by atoms with van der Waals surface area (Å²) < 4.78 is 5.09. The Morgan fingerprint density at radius 3 is 2.58 bits per heavy atom. The molecule has 12 heavy (non-hydrogen) atoms. The van der Waals surface area contributed by atoms with E-state index in [1.807, 2.05) is 12.1 Å². The summed E-state index contributed by atoms with van der Waals surface area (Å²) in [6.07, 6.45) is 1.41. The van der Waals surface area contributed by atoms with Crippen LogP contribution in [0.5, 0.6) is 0 Å². The molecule has 2 aromatic rings. The van der Waals surface area contributed by atoms with Crippen molar-refractivity contribution in [3.63, 3.8) is 0 Å². The highest BCUT2D eigenvalue weighted by Crippen LogP contribution is 2.06. The normalized spacial score (nSPS) is 9.33. The zero-order chi connectivity index (χ0) is 7.68. The molecule has 0 unspecified atom stereocenters. The fourth-order valence-corrected chi connectivity index (χ4v) is 1.03. The van der Waals surface area contributed by atoms with E-state index in [9.17, 15) is 4.79 Å². The molecule has 0 aliphatic carbocycles. The second-order valence-electron chi connectivity index (χ2n) is 2.28. The molecule has 0 spiro atoms. The molecule has 0 fully saturated rings. The first kappa shape index (κ1) is 8.49. The van der Waals surface area contributed by atoms with E-state index >= 15 is 0 Å². The SMILES string of the molecule is O.O=c1ccoc2ccccc12. The first-order chi connectivity index (χ1) is 5.38. The fourth-order valence-electron chi connectivity index (χ4n) is 1.03. The summed E-state index contributed by atoms with van der Waals surface area (Å²) in [6.45, 7) is 0. The molecule has 0 amide bonds. The molecule has 2 N–H and O–H groups in total. The first-order valence-corrected chi connectivity index (χ1v) is 3.34. The van der Waals surface area contributed by atoms with E-state index in [1.165, 1.54) is 12.3 Å². The molecular weight excluding hydrogens is 156 g/mol. The summed E-state index contributed by atoms with van der Waals surface area (Å²) in [5, 5.41) is 0.634. The second-order valence-corrected chi connectivity index (χ2v) is 2.28. The Morgan fingerprint density at radius 1 is 1.08 bits per heavy atom. The van der Waals surface area contributed by atoms with E-state index in [-0.39, 0.29) is 10.9 Å². The molecule has 0 atom stereocenters. The van der Waals surface area contributed by atoms with Crippen LogP contribution < -0.4 is 5.43 Å². The molecule has 1 aromatic heterocycles. The molecule has 0 saturated carbocycles. The number of para-hydroxylation sites is 1. The lowest BCUT2D eigenvalue weighted by Gasteiger charge is -1.91. The third-order valence-corrected chi connectivity index (χ3v) is 1.57. The maximum Gasteiger partial charge on any atom is 0.192 e. The van der Waals surface area contributed by atoms with Crippen LogP contribution in [0.3, 0.4) is 0 Å². The van der Waals surface area contributed by atoms with Gasteiger partial charge in [-0.3, -0.25) is 4.79 Å². The second kappa shape index (κ2) is 3.19. The minimum absolute atomic E-state index is 0. The summed E-state index contributed by atoms with van der Waals surface area (Å²) in [5.41, 5.74) is 0.645. The van der Waals surface area contributed by atoms with E-state index in [2.05, 4.69) is 0 Å². The fraction of sp³-hybridized carbons (Fsp3) is 0.